The molecule has 1 amide bonds. The van der Waals surface area contributed by atoms with E-state index in [4.69, 9.17) is 4.74 Å². The molecule has 2 rings (SSSR count). The van der Waals surface area contributed by atoms with E-state index in [0.717, 1.165) is 44.9 Å². The Morgan fingerprint density at radius 3 is 2.42 bits per heavy atom. The molecule has 0 aromatic carbocycles. The molecule has 5 nitrogen and oxygen atoms in total. The molecule has 5 heteroatoms. The fourth-order valence-corrected chi connectivity index (χ4v) is 3.00. The highest BCUT2D eigenvalue weighted by atomic mass is 16.5. The van der Waals surface area contributed by atoms with Crippen LogP contribution in [0.4, 0.5) is 0 Å². The Morgan fingerprint density at radius 1 is 1.00 bits per heavy atom. The summed E-state index contributed by atoms with van der Waals surface area (Å²) in [4.78, 5) is 23.4. The fraction of sp³-hybridized carbons (Fsp3) is 0.857. The highest BCUT2D eigenvalue weighted by Crippen LogP contribution is 2.24. The summed E-state index contributed by atoms with van der Waals surface area (Å²) in [5.41, 5.74) is 0. The second kappa shape index (κ2) is 6.89. The summed E-state index contributed by atoms with van der Waals surface area (Å²) >= 11 is 0. The number of carboxylic acid groups (broad SMARTS) is 1. The minimum Gasteiger partial charge on any atom is -0.481 e. The Labute approximate surface area is 113 Å². The molecule has 19 heavy (non-hydrogen) atoms. The molecule has 2 N–H and O–H groups in total. The molecular weight excluding hydrogens is 246 g/mol. The number of carboxylic acids is 1. The number of amides is 1. The van der Waals surface area contributed by atoms with E-state index in [9.17, 15) is 14.7 Å². The number of hydrogen-bond acceptors (Lipinski definition) is 3. The fourth-order valence-electron chi connectivity index (χ4n) is 3.00. The van der Waals surface area contributed by atoms with E-state index in [0.29, 0.717) is 13.0 Å². The number of ether oxygens (including phenoxy) is 1. The molecule has 2 fully saturated rings. The minimum atomic E-state index is -0.795. The Balaban J connectivity index is 1.93. The quantitative estimate of drug-likeness (QED) is 0.765. The Bertz CT molecular complexity index is 325. The van der Waals surface area contributed by atoms with Crippen LogP contribution in [0.2, 0.25) is 0 Å². The Kier molecular flexibility index (Phi) is 5.19. The van der Waals surface area contributed by atoms with Gasteiger partial charge in [0.15, 0.2) is 0 Å². The van der Waals surface area contributed by atoms with Gasteiger partial charge in [0.2, 0.25) is 5.91 Å². The monoisotopic (exact) mass is 269 g/mol. The van der Waals surface area contributed by atoms with Gasteiger partial charge in [0.05, 0.1) is 5.92 Å². The molecular formula is C14H23NO4. The van der Waals surface area contributed by atoms with Crippen LogP contribution in [-0.2, 0) is 14.3 Å². The molecule has 108 valence electrons. The highest BCUT2D eigenvalue weighted by molar-refractivity contribution is 5.82. The molecule has 1 aliphatic heterocycles. The smallest absolute Gasteiger partial charge is 0.308 e. The maximum atomic E-state index is 12.1. The normalized spacial score (nSPS) is 32.3. The molecule has 0 radical (unpaired) electrons. The van der Waals surface area contributed by atoms with Gasteiger partial charge in [-0.1, -0.05) is 19.3 Å². The zero-order valence-electron chi connectivity index (χ0n) is 11.3. The second-order valence-electron chi connectivity index (χ2n) is 5.55. The molecule has 0 bridgehead atoms. The van der Waals surface area contributed by atoms with Crippen molar-refractivity contribution in [2.75, 3.05) is 6.61 Å². The van der Waals surface area contributed by atoms with Crippen LogP contribution in [0.25, 0.3) is 0 Å². The summed E-state index contributed by atoms with van der Waals surface area (Å²) in [7, 11) is 0. The zero-order chi connectivity index (χ0) is 13.7. The molecule has 1 unspecified atom stereocenters. The van der Waals surface area contributed by atoms with Gasteiger partial charge in [-0.25, -0.2) is 0 Å². The Hall–Kier alpha value is -1.10. The number of hydrogen-bond donors (Lipinski definition) is 2. The molecule has 2 aliphatic rings. The van der Waals surface area contributed by atoms with E-state index in [1.54, 1.807) is 0 Å². The van der Waals surface area contributed by atoms with Gasteiger partial charge >= 0.3 is 5.97 Å². The number of carbonyl (C=O) groups excluding carboxylic acids is 1. The predicted octanol–water partition coefficient (Wildman–Crippen LogP) is 1.71. The molecule has 0 aromatic heterocycles. The summed E-state index contributed by atoms with van der Waals surface area (Å²) in [5.74, 6) is -1.37. The van der Waals surface area contributed by atoms with Crippen LogP contribution < -0.4 is 5.32 Å². The summed E-state index contributed by atoms with van der Waals surface area (Å²) in [6.45, 7) is 0.630. The lowest BCUT2D eigenvalue weighted by atomic mass is 9.94. The van der Waals surface area contributed by atoms with E-state index in [1.807, 2.05) is 0 Å². The molecule has 3 atom stereocenters. The van der Waals surface area contributed by atoms with Crippen LogP contribution in [0, 0.1) is 5.92 Å². The van der Waals surface area contributed by atoms with Crippen LogP contribution in [0.15, 0.2) is 0 Å². The van der Waals surface area contributed by atoms with E-state index < -0.39 is 11.9 Å². The molecule has 1 saturated heterocycles. The lowest BCUT2D eigenvalue weighted by Crippen LogP contribution is -2.48. The van der Waals surface area contributed by atoms with E-state index in [2.05, 4.69) is 5.32 Å². The lowest BCUT2D eigenvalue weighted by molar-refractivity contribution is -0.144. The van der Waals surface area contributed by atoms with Crippen molar-refractivity contribution in [2.45, 2.75) is 63.5 Å². The molecule has 0 aromatic rings. The second-order valence-corrected chi connectivity index (χ2v) is 5.55. The summed E-state index contributed by atoms with van der Waals surface area (Å²) in [6.07, 6.45) is 6.76. The van der Waals surface area contributed by atoms with Gasteiger partial charge in [0, 0.05) is 12.6 Å². The van der Waals surface area contributed by atoms with Gasteiger partial charge in [0.1, 0.15) is 6.10 Å². The first-order valence-corrected chi connectivity index (χ1v) is 7.33. The van der Waals surface area contributed by atoms with Crippen molar-refractivity contribution in [3.63, 3.8) is 0 Å². The van der Waals surface area contributed by atoms with Crippen LogP contribution in [0.3, 0.4) is 0 Å². The van der Waals surface area contributed by atoms with Gasteiger partial charge in [-0.15, -0.1) is 0 Å². The van der Waals surface area contributed by atoms with E-state index in [-0.39, 0.29) is 18.1 Å². The average molecular weight is 269 g/mol. The minimum absolute atomic E-state index is 0.127. The topological polar surface area (TPSA) is 75.6 Å². The van der Waals surface area contributed by atoms with Crippen LogP contribution in [0.1, 0.15) is 51.4 Å². The lowest BCUT2D eigenvalue weighted by Gasteiger charge is -2.27. The standard InChI is InChI=1S/C14H23NO4/c16-13(12-8-4-5-9-19-12)15-11-7-3-1-2-6-10(11)14(17)18/h10-12H,1-9H2,(H,15,16)(H,17,18)/t10-,11+,12?/m1/s1. The van der Waals surface area contributed by atoms with Crippen LogP contribution in [-0.4, -0.2) is 35.7 Å². The molecule has 0 spiro atoms. The zero-order valence-corrected chi connectivity index (χ0v) is 11.3. The third-order valence-corrected chi connectivity index (χ3v) is 4.13. The van der Waals surface area contributed by atoms with Gasteiger partial charge in [-0.2, -0.15) is 0 Å². The van der Waals surface area contributed by atoms with E-state index >= 15 is 0 Å². The largest absolute Gasteiger partial charge is 0.481 e. The first-order valence-electron chi connectivity index (χ1n) is 7.33. The average Bonchev–Trinajstić information content (AvgIpc) is 2.65. The van der Waals surface area contributed by atoms with Crippen molar-refractivity contribution in [2.24, 2.45) is 5.92 Å². The summed E-state index contributed by atoms with van der Waals surface area (Å²) < 4.78 is 5.45. The molecule has 1 heterocycles. The maximum Gasteiger partial charge on any atom is 0.308 e. The third-order valence-electron chi connectivity index (χ3n) is 4.13. The summed E-state index contributed by atoms with van der Waals surface area (Å²) in [5, 5.41) is 12.2. The van der Waals surface area contributed by atoms with Crippen molar-refractivity contribution < 1.29 is 19.4 Å². The first kappa shape index (κ1) is 14.3. The van der Waals surface area contributed by atoms with Gasteiger partial charge in [-0.3, -0.25) is 9.59 Å². The van der Waals surface area contributed by atoms with Crippen molar-refractivity contribution in [1.29, 1.82) is 0 Å². The number of nitrogens with one attached hydrogen (secondary N) is 1. The van der Waals surface area contributed by atoms with Gasteiger partial charge < -0.3 is 15.2 Å². The van der Waals surface area contributed by atoms with Crippen LogP contribution in [0.5, 0.6) is 0 Å². The van der Waals surface area contributed by atoms with Gasteiger partial charge in [0.25, 0.3) is 0 Å². The Morgan fingerprint density at radius 2 is 1.74 bits per heavy atom. The van der Waals surface area contributed by atoms with Crippen molar-refractivity contribution in [3.8, 4) is 0 Å². The van der Waals surface area contributed by atoms with Crippen LogP contribution >= 0.6 is 0 Å². The highest BCUT2D eigenvalue weighted by Gasteiger charge is 2.32. The van der Waals surface area contributed by atoms with Gasteiger partial charge in [-0.05, 0) is 32.1 Å². The van der Waals surface area contributed by atoms with Crippen molar-refractivity contribution in [1.82, 2.24) is 5.32 Å². The number of aliphatic carboxylic acids is 1. The third kappa shape index (κ3) is 3.93. The predicted molar refractivity (Wildman–Crippen MR) is 69.7 cm³/mol. The molecule has 1 aliphatic carbocycles. The number of rotatable bonds is 3. The number of carbonyl (C=O) groups is 2. The maximum absolute atomic E-state index is 12.1. The molecule has 1 saturated carbocycles. The summed E-state index contributed by atoms with van der Waals surface area (Å²) in [6, 6.07) is -0.238. The van der Waals surface area contributed by atoms with Crippen molar-refractivity contribution in [3.05, 3.63) is 0 Å². The SMILES string of the molecule is O=C(N[C@H]1CCCCC[C@H]1C(=O)O)C1CCCCO1. The van der Waals surface area contributed by atoms with Crippen molar-refractivity contribution >= 4 is 11.9 Å². The first-order chi connectivity index (χ1) is 9.18. The van der Waals surface area contributed by atoms with E-state index in [1.165, 1.54) is 0 Å².